The Kier molecular flexibility index (Phi) is 6.70. The number of aliphatic imine (C=N–C) groups is 1. The summed E-state index contributed by atoms with van der Waals surface area (Å²) in [7, 11) is 0. The molecule has 2 heterocycles. The van der Waals surface area contributed by atoms with Gasteiger partial charge < -0.3 is 14.7 Å². The van der Waals surface area contributed by atoms with Crippen molar-refractivity contribution in [2.24, 2.45) is 4.99 Å². The largest absolute Gasteiger partial charge is 0.508 e. The summed E-state index contributed by atoms with van der Waals surface area (Å²) < 4.78 is 6.58. The molecule has 1 spiro atoms. The molecule has 4 rings (SSSR count). The van der Waals surface area contributed by atoms with E-state index in [2.05, 4.69) is 52.1 Å². The van der Waals surface area contributed by atoms with Gasteiger partial charge in [-0.1, -0.05) is 15.9 Å². The number of benzene rings is 2. The number of likely N-dealkylation sites (tertiary alicyclic amines) is 1. The Hall–Kier alpha value is -1.89. The molecule has 31 heavy (non-hydrogen) atoms. The number of phenols is 1. The Morgan fingerprint density at radius 1 is 1.19 bits per heavy atom. The van der Waals surface area contributed by atoms with Crippen LogP contribution in [-0.4, -0.2) is 47.1 Å². The van der Waals surface area contributed by atoms with Gasteiger partial charge in [0.15, 0.2) is 0 Å². The molecule has 2 aliphatic rings. The summed E-state index contributed by atoms with van der Waals surface area (Å²) in [6.45, 7) is 9.19. The Morgan fingerprint density at radius 3 is 2.55 bits per heavy atom. The molecule has 2 aromatic rings. The molecule has 166 valence electrons. The summed E-state index contributed by atoms with van der Waals surface area (Å²) in [6.07, 6.45) is 2.64. The zero-order chi connectivity index (χ0) is 22.0. The first kappa shape index (κ1) is 22.3. The third kappa shape index (κ3) is 4.97. The van der Waals surface area contributed by atoms with E-state index in [0.29, 0.717) is 18.4 Å². The van der Waals surface area contributed by atoms with Gasteiger partial charge >= 0.3 is 0 Å². The van der Waals surface area contributed by atoms with Gasteiger partial charge in [-0.2, -0.15) is 0 Å². The van der Waals surface area contributed by atoms with Gasteiger partial charge in [0.05, 0.1) is 6.61 Å². The number of halogens is 1. The highest BCUT2D eigenvalue weighted by Gasteiger charge is 2.41. The maximum Gasteiger partial charge on any atom is 0.120 e. The number of aromatic hydroxyl groups is 1. The first-order chi connectivity index (χ1) is 14.9. The van der Waals surface area contributed by atoms with Gasteiger partial charge in [0.25, 0.3) is 0 Å². The summed E-state index contributed by atoms with van der Waals surface area (Å²) >= 11 is 3.57. The quantitative estimate of drug-likeness (QED) is 0.604. The van der Waals surface area contributed by atoms with Crippen LogP contribution in [-0.2, 0) is 0 Å². The fourth-order valence-electron chi connectivity index (χ4n) is 4.66. The van der Waals surface area contributed by atoms with Crippen LogP contribution in [0.15, 0.2) is 51.9 Å². The molecule has 5 nitrogen and oxygen atoms in total. The number of hydrogen-bond acceptors (Lipinski definition) is 5. The lowest BCUT2D eigenvalue weighted by atomic mass is 9.87. The number of nitrogens with zero attached hydrogens (tertiary/aromatic N) is 2. The molecule has 2 N–H and O–H groups in total. The van der Waals surface area contributed by atoms with Crippen molar-refractivity contribution in [3.05, 3.63) is 58.1 Å². The van der Waals surface area contributed by atoms with Crippen molar-refractivity contribution in [1.29, 1.82) is 0 Å². The first-order valence-corrected chi connectivity index (χ1v) is 12.0. The maximum absolute atomic E-state index is 10.6. The number of ether oxygens (including phenoxy) is 1. The standard InChI is InChI=1S/C25H32BrN3O2/c1-4-31-20-8-5-18(6-9-20)22-16-23(21-15-19(26)7-10-24(21)30)28-25(27-22)11-13-29(14-12-25)17(2)3/h5-10,15,17,23,28,30H,4,11-14,16H2,1-3H3/t23-/m1/s1. The topological polar surface area (TPSA) is 57.1 Å². The molecule has 0 bridgehead atoms. The molecule has 0 unspecified atom stereocenters. The second-order valence-corrected chi connectivity index (χ2v) is 9.70. The van der Waals surface area contributed by atoms with Crippen LogP contribution in [0.3, 0.4) is 0 Å². The molecule has 0 amide bonds. The lowest BCUT2D eigenvalue weighted by Gasteiger charge is -2.46. The van der Waals surface area contributed by atoms with Crippen molar-refractivity contribution in [2.75, 3.05) is 19.7 Å². The smallest absolute Gasteiger partial charge is 0.120 e. The van der Waals surface area contributed by atoms with Crippen LogP contribution >= 0.6 is 15.9 Å². The van der Waals surface area contributed by atoms with Crippen molar-refractivity contribution >= 4 is 21.6 Å². The van der Waals surface area contributed by atoms with E-state index in [-0.39, 0.29) is 11.7 Å². The first-order valence-electron chi connectivity index (χ1n) is 11.2. The third-order valence-electron chi connectivity index (χ3n) is 6.41. The van der Waals surface area contributed by atoms with E-state index >= 15 is 0 Å². The van der Waals surface area contributed by atoms with Gasteiger partial charge in [0, 0.05) is 47.3 Å². The van der Waals surface area contributed by atoms with Crippen molar-refractivity contribution in [1.82, 2.24) is 10.2 Å². The van der Waals surface area contributed by atoms with Crippen molar-refractivity contribution in [3.63, 3.8) is 0 Å². The number of phenolic OH excluding ortho intramolecular Hbond substituents is 1. The maximum atomic E-state index is 10.6. The van der Waals surface area contributed by atoms with Crippen LogP contribution in [0, 0.1) is 0 Å². The lowest BCUT2D eigenvalue weighted by molar-refractivity contribution is 0.103. The Bertz CT molecular complexity index is 934. The molecule has 2 aromatic carbocycles. The van der Waals surface area contributed by atoms with E-state index in [9.17, 15) is 5.11 Å². The zero-order valence-electron chi connectivity index (χ0n) is 18.6. The SMILES string of the molecule is CCOc1ccc(C2=NC3(CCN(C(C)C)CC3)N[C@@H](c3cc(Br)ccc3O)C2)cc1. The summed E-state index contributed by atoms with van der Waals surface area (Å²) in [5, 5.41) is 14.4. The molecule has 0 aliphatic carbocycles. The minimum Gasteiger partial charge on any atom is -0.508 e. The number of rotatable bonds is 5. The van der Waals surface area contributed by atoms with E-state index in [0.717, 1.165) is 59.4 Å². The number of hydrogen-bond donors (Lipinski definition) is 2. The molecule has 1 fully saturated rings. The molecule has 6 heteroatoms. The predicted octanol–water partition coefficient (Wildman–Crippen LogP) is 5.28. The van der Waals surface area contributed by atoms with Gasteiger partial charge in [-0.25, -0.2) is 0 Å². The number of piperidine rings is 1. The van der Waals surface area contributed by atoms with Gasteiger partial charge in [0.1, 0.15) is 17.2 Å². The average molecular weight is 486 g/mol. The minimum atomic E-state index is -0.309. The van der Waals surface area contributed by atoms with Crippen LogP contribution in [0.2, 0.25) is 0 Å². The predicted molar refractivity (Wildman–Crippen MR) is 129 cm³/mol. The molecular weight excluding hydrogens is 454 g/mol. The Labute approximate surface area is 193 Å². The molecule has 2 aliphatic heterocycles. The molecule has 0 saturated carbocycles. The fourth-order valence-corrected chi connectivity index (χ4v) is 5.04. The van der Waals surface area contributed by atoms with Crippen LogP contribution in [0.25, 0.3) is 0 Å². The summed E-state index contributed by atoms with van der Waals surface area (Å²) in [4.78, 5) is 7.80. The zero-order valence-corrected chi connectivity index (χ0v) is 20.2. The molecule has 1 atom stereocenters. The van der Waals surface area contributed by atoms with Crippen molar-refractivity contribution in [3.8, 4) is 11.5 Å². The van der Waals surface area contributed by atoms with E-state index in [1.165, 1.54) is 0 Å². The van der Waals surface area contributed by atoms with Gasteiger partial charge in [-0.15, -0.1) is 0 Å². The van der Waals surface area contributed by atoms with Crippen LogP contribution in [0.5, 0.6) is 11.5 Å². The Balaban J connectivity index is 1.68. The van der Waals surface area contributed by atoms with Crippen LogP contribution in [0.1, 0.15) is 57.2 Å². The summed E-state index contributed by atoms with van der Waals surface area (Å²) in [6, 6.07) is 14.4. The second-order valence-electron chi connectivity index (χ2n) is 8.78. The van der Waals surface area contributed by atoms with Crippen molar-refractivity contribution in [2.45, 2.75) is 57.8 Å². The number of nitrogens with one attached hydrogen (secondary N) is 1. The highest BCUT2D eigenvalue weighted by Crippen LogP contribution is 2.38. The van der Waals surface area contributed by atoms with Gasteiger partial charge in [0.2, 0.25) is 0 Å². The van der Waals surface area contributed by atoms with Gasteiger partial charge in [-0.05, 0) is 81.6 Å². The molecule has 1 saturated heterocycles. The summed E-state index contributed by atoms with van der Waals surface area (Å²) in [5.41, 5.74) is 2.81. The Morgan fingerprint density at radius 2 is 1.90 bits per heavy atom. The highest BCUT2D eigenvalue weighted by molar-refractivity contribution is 9.10. The van der Waals surface area contributed by atoms with Crippen molar-refractivity contribution < 1.29 is 9.84 Å². The van der Waals surface area contributed by atoms with Crippen LogP contribution in [0.4, 0.5) is 0 Å². The third-order valence-corrected chi connectivity index (χ3v) is 6.90. The average Bonchev–Trinajstić information content (AvgIpc) is 2.76. The highest BCUT2D eigenvalue weighted by atomic mass is 79.9. The normalized spacial score (nSPS) is 21.3. The molecule has 0 radical (unpaired) electrons. The van der Waals surface area contributed by atoms with E-state index in [4.69, 9.17) is 9.73 Å². The lowest BCUT2D eigenvalue weighted by Crippen LogP contribution is -2.56. The minimum absolute atomic E-state index is 0.00201. The van der Waals surface area contributed by atoms with E-state index in [1.54, 1.807) is 6.07 Å². The van der Waals surface area contributed by atoms with Gasteiger partial charge in [-0.3, -0.25) is 10.3 Å². The molecular formula is C25H32BrN3O2. The second kappa shape index (κ2) is 9.31. The van der Waals surface area contributed by atoms with Crippen LogP contribution < -0.4 is 10.1 Å². The molecule has 0 aromatic heterocycles. The van der Waals surface area contributed by atoms with E-state index in [1.807, 2.05) is 31.2 Å². The fraction of sp³-hybridized carbons (Fsp3) is 0.480. The monoisotopic (exact) mass is 485 g/mol. The summed E-state index contributed by atoms with van der Waals surface area (Å²) in [5.74, 6) is 1.20. The van der Waals surface area contributed by atoms with E-state index < -0.39 is 0 Å².